The number of nitrogens with two attached hydrogens (primary N) is 1. The molecule has 3 N–H and O–H groups in total. The highest BCUT2D eigenvalue weighted by Gasteiger charge is 2.58. The molecule has 1 unspecified atom stereocenters. The maximum absolute atomic E-state index is 13.6. The molecule has 1 saturated heterocycles. The van der Waals surface area contributed by atoms with Gasteiger partial charge in [-0.1, -0.05) is 24.3 Å². The van der Waals surface area contributed by atoms with Crippen molar-refractivity contribution >= 4 is 5.91 Å². The van der Waals surface area contributed by atoms with Crippen LogP contribution < -0.4 is 15.8 Å². The Morgan fingerprint density at radius 1 is 1.29 bits per heavy atom. The summed E-state index contributed by atoms with van der Waals surface area (Å²) in [5, 5.41) is 12.6. The molecule has 1 amide bonds. The lowest BCUT2D eigenvalue weighted by atomic mass is 9.74. The number of hydrogen-bond donors (Lipinski definition) is 2. The molecule has 7 nitrogen and oxygen atoms in total. The molecule has 3 heterocycles. The van der Waals surface area contributed by atoms with Gasteiger partial charge in [0.2, 0.25) is 5.91 Å². The van der Waals surface area contributed by atoms with E-state index in [1.807, 2.05) is 19.1 Å². The Morgan fingerprint density at radius 3 is 2.74 bits per heavy atom. The average molecular weight is 458 g/mol. The van der Waals surface area contributed by atoms with E-state index in [4.69, 9.17) is 10.5 Å². The molecule has 8 heteroatoms. The fourth-order valence-corrected chi connectivity index (χ4v) is 5.01. The second-order valence-corrected chi connectivity index (χ2v) is 9.20. The van der Waals surface area contributed by atoms with Crippen LogP contribution in [0.15, 0.2) is 60.8 Å². The molecule has 34 heavy (non-hydrogen) atoms. The molecule has 3 aromatic rings. The third kappa shape index (κ3) is 3.59. The second kappa shape index (κ2) is 7.90. The van der Waals surface area contributed by atoms with Crippen molar-refractivity contribution in [1.29, 1.82) is 5.26 Å². The summed E-state index contributed by atoms with van der Waals surface area (Å²) in [6.45, 7) is 1.93. The number of hydrogen-bond acceptors (Lipinski definition) is 6. The first-order chi connectivity index (χ1) is 16.2. The number of ether oxygens (including phenoxy) is 1. The molecule has 2 aromatic carbocycles. The van der Waals surface area contributed by atoms with Crippen LogP contribution in [0.25, 0.3) is 11.3 Å². The topological polar surface area (TPSA) is 104 Å². The molecule has 1 spiro atoms. The SMILES string of the molecule is CN1C(=O)[C@]2(C[C@@](C)(Cc3ccc(F)cc3)Oc3cnc(-c4cccc(C#N)c4)cc32)NC1N. The van der Waals surface area contributed by atoms with E-state index in [1.54, 1.807) is 43.6 Å². The largest absolute Gasteiger partial charge is 0.485 e. The van der Waals surface area contributed by atoms with E-state index in [-0.39, 0.29) is 11.7 Å². The molecule has 5 rings (SSSR count). The van der Waals surface area contributed by atoms with E-state index < -0.39 is 17.4 Å². The van der Waals surface area contributed by atoms with Gasteiger partial charge in [0, 0.05) is 31.0 Å². The summed E-state index contributed by atoms with van der Waals surface area (Å²) in [5.41, 5.74) is 7.80. The summed E-state index contributed by atoms with van der Waals surface area (Å²) in [7, 11) is 1.67. The number of nitriles is 1. The summed E-state index contributed by atoms with van der Waals surface area (Å²) in [4.78, 5) is 19.7. The molecule has 0 bridgehead atoms. The second-order valence-electron chi connectivity index (χ2n) is 9.20. The lowest BCUT2D eigenvalue weighted by molar-refractivity contribution is -0.135. The number of fused-ring (bicyclic) bond motifs is 2. The Hall–Kier alpha value is -3.80. The molecule has 2 aliphatic heterocycles. The lowest BCUT2D eigenvalue weighted by Gasteiger charge is -2.44. The van der Waals surface area contributed by atoms with Gasteiger partial charge in [-0.3, -0.25) is 20.8 Å². The molecule has 0 aliphatic carbocycles. The monoisotopic (exact) mass is 457 g/mol. The van der Waals surface area contributed by atoms with Crippen molar-refractivity contribution in [1.82, 2.24) is 15.2 Å². The fraction of sp³-hybridized carbons (Fsp3) is 0.269. The number of carbonyl (C=O) groups excluding carboxylic acids is 1. The number of aromatic nitrogens is 1. The minimum atomic E-state index is -1.11. The van der Waals surface area contributed by atoms with Crippen LogP contribution in [-0.2, 0) is 16.8 Å². The van der Waals surface area contributed by atoms with E-state index in [2.05, 4.69) is 16.4 Å². The Balaban J connectivity index is 1.61. The van der Waals surface area contributed by atoms with Crippen molar-refractivity contribution in [2.45, 2.75) is 37.2 Å². The van der Waals surface area contributed by atoms with E-state index in [1.165, 1.54) is 17.0 Å². The van der Waals surface area contributed by atoms with Crippen molar-refractivity contribution in [3.63, 3.8) is 0 Å². The number of carbonyl (C=O) groups is 1. The first-order valence-corrected chi connectivity index (χ1v) is 11.0. The minimum Gasteiger partial charge on any atom is -0.485 e. The number of nitrogens with one attached hydrogen (secondary N) is 1. The zero-order chi connectivity index (χ0) is 24.1. The summed E-state index contributed by atoms with van der Waals surface area (Å²) in [6.07, 6.45) is 1.75. The zero-order valence-corrected chi connectivity index (χ0v) is 18.9. The van der Waals surface area contributed by atoms with Gasteiger partial charge < -0.3 is 9.64 Å². The molecule has 2 aliphatic rings. The standard InChI is InChI=1S/C26H24FN5O2/c1-25(12-16-6-8-19(27)9-7-16)15-26(23(33)32(2)24(29)31-26)20-11-21(30-14-22(20)34-25)18-5-3-4-17(10-18)13-28/h3-11,14,24,31H,12,15,29H2,1-2H3/t24?,25-,26-/m1/s1. The minimum absolute atomic E-state index is 0.155. The molecular formula is C26H24FN5O2. The first-order valence-electron chi connectivity index (χ1n) is 11.0. The van der Waals surface area contributed by atoms with Gasteiger partial charge in [0.05, 0.1) is 23.5 Å². The molecule has 3 atom stereocenters. The molecule has 0 radical (unpaired) electrons. The molecule has 172 valence electrons. The van der Waals surface area contributed by atoms with E-state index in [9.17, 15) is 14.4 Å². The smallest absolute Gasteiger partial charge is 0.249 e. The third-order valence-electron chi connectivity index (χ3n) is 6.60. The summed E-state index contributed by atoms with van der Waals surface area (Å²) in [6, 6.07) is 17.4. The summed E-state index contributed by atoms with van der Waals surface area (Å²) < 4.78 is 19.9. The van der Waals surface area contributed by atoms with Crippen molar-refractivity contribution in [2.75, 3.05) is 7.05 Å². The quantitative estimate of drug-likeness (QED) is 0.627. The number of amides is 1. The van der Waals surface area contributed by atoms with E-state index in [0.717, 1.165) is 11.1 Å². The van der Waals surface area contributed by atoms with Crippen molar-refractivity contribution in [3.8, 4) is 23.1 Å². The summed E-state index contributed by atoms with van der Waals surface area (Å²) in [5.74, 6) is 0.0231. The molecule has 1 aromatic heterocycles. The van der Waals surface area contributed by atoms with Crippen LogP contribution in [0.5, 0.6) is 5.75 Å². The zero-order valence-electron chi connectivity index (χ0n) is 18.9. The lowest BCUT2D eigenvalue weighted by Crippen LogP contribution is -2.56. The van der Waals surface area contributed by atoms with Gasteiger partial charge in [-0.25, -0.2) is 4.39 Å². The third-order valence-corrected chi connectivity index (χ3v) is 6.60. The van der Waals surface area contributed by atoms with Crippen LogP contribution in [0.2, 0.25) is 0 Å². The number of benzene rings is 2. The van der Waals surface area contributed by atoms with Gasteiger partial charge in [-0.2, -0.15) is 5.26 Å². The van der Waals surface area contributed by atoms with Gasteiger partial charge in [0.1, 0.15) is 29.0 Å². The van der Waals surface area contributed by atoms with Gasteiger partial charge in [-0.05, 0) is 42.8 Å². The van der Waals surface area contributed by atoms with E-state index >= 15 is 0 Å². The number of halogens is 1. The van der Waals surface area contributed by atoms with Crippen LogP contribution in [0.3, 0.4) is 0 Å². The maximum atomic E-state index is 13.6. The number of likely N-dealkylation sites (N-methyl/N-ethyl adjacent to an activating group) is 1. The highest BCUT2D eigenvalue weighted by molar-refractivity contribution is 5.91. The van der Waals surface area contributed by atoms with Crippen LogP contribution >= 0.6 is 0 Å². The van der Waals surface area contributed by atoms with Gasteiger partial charge in [0.15, 0.2) is 0 Å². The number of pyridine rings is 1. The highest BCUT2D eigenvalue weighted by atomic mass is 19.1. The predicted octanol–water partition coefficient (Wildman–Crippen LogP) is 3.04. The van der Waals surface area contributed by atoms with Crippen molar-refractivity contribution < 1.29 is 13.9 Å². The fourth-order valence-electron chi connectivity index (χ4n) is 5.01. The Labute approximate surface area is 197 Å². The number of nitrogens with zero attached hydrogens (tertiary/aromatic N) is 3. The van der Waals surface area contributed by atoms with E-state index in [0.29, 0.717) is 35.4 Å². The van der Waals surface area contributed by atoms with Crippen LogP contribution in [0.1, 0.15) is 30.0 Å². The van der Waals surface area contributed by atoms with Gasteiger partial charge in [-0.15, -0.1) is 0 Å². The van der Waals surface area contributed by atoms with Crippen LogP contribution in [-0.4, -0.2) is 34.7 Å². The number of rotatable bonds is 3. The maximum Gasteiger partial charge on any atom is 0.249 e. The Kier molecular flexibility index (Phi) is 5.12. The first kappa shape index (κ1) is 22.0. The normalized spacial score (nSPS) is 25.7. The summed E-state index contributed by atoms with van der Waals surface area (Å²) >= 11 is 0. The van der Waals surface area contributed by atoms with Crippen LogP contribution in [0, 0.1) is 17.1 Å². The van der Waals surface area contributed by atoms with Crippen molar-refractivity contribution in [2.24, 2.45) is 5.73 Å². The van der Waals surface area contributed by atoms with Gasteiger partial charge >= 0.3 is 0 Å². The highest BCUT2D eigenvalue weighted by Crippen LogP contribution is 2.48. The Morgan fingerprint density at radius 2 is 2.06 bits per heavy atom. The predicted molar refractivity (Wildman–Crippen MR) is 124 cm³/mol. The Bertz CT molecular complexity index is 1320. The molecule has 1 fully saturated rings. The van der Waals surface area contributed by atoms with Crippen molar-refractivity contribution in [3.05, 3.63) is 83.3 Å². The molecule has 0 saturated carbocycles. The van der Waals surface area contributed by atoms with Gasteiger partial charge in [0.25, 0.3) is 0 Å². The average Bonchev–Trinajstić information content (AvgIpc) is 3.04. The molecular weight excluding hydrogens is 433 g/mol. The van der Waals surface area contributed by atoms with Crippen LogP contribution in [0.4, 0.5) is 4.39 Å².